The number of aliphatic hydroxyl groups excluding tert-OH is 1. The summed E-state index contributed by atoms with van der Waals surface area (Å²) in [5.41, 5.74) is 2.00. The number of furan rings is 1. The maximum Gasteiger partial charge on any atom is 0.0964 e. The molecule has 0 amide bonds. The van der Waals surface area contributed by atoms with E-state index in [-0.39, 0.29) is 6.61 Å². The second kappa shape index (κ2) is 6.17. The van der Waals surface area contributed by atoms with E-state index in [0.29, 0.717) is 19.5 Å². The Morgan fingerprint density at radius 3 is 3.12 bits per heavy atom. The summed E-state index contributed by atoms with van der Waals surface area (Å²) in [5.74, 6) is 0. The molecule has 0 atom stereocenters. The minimum absolute atomic E-state index is 0.175. The van der Waals surface area contributed by atoms with Gasteiger partial charge in [-0.05, 0) is 12.5 Å². The molecule has 0 bridgehead atoms. The van der Waals surface area contributed by atoms with Crippen LogP contribution in [0.4, 0.5) is 0 Å². The number of aromatic nitrogens is 3. The molecule has 2 rings (SSSR count). The van der Waals surface area contributed by atoms with Crippen LogP contribution in [0.2, 0.25) is 0 Å². The van der Waals surface area contributed by atoms with E-state index >= 15 is 0 Å². The summed E-state index contributed by atoms with van der Waals surface area (Å²) in [7, 11) is 0. The van der Waals surface area contributed by atoms with Gasteiger partial charge in [-0.2, -0.15) is 0 Å². The van der Waals surface area contributed by atoms with E-state index in [9.17, 15) is 0 Å². The number of aliphatic hydroxyl groups is 1. The normalized spacial score (nSPS) is 10.9. The summed E-state index contributed by atoms with van der Waals surface area (Å²) in [6, 6.07) is 1.92. The molecule has 0 saturated heterocycles. The SMILES string of the molecule is OCCCn1cc(CNCc2ccoc2)nn1. The van der Waals surface area contributed by atoms with Gasteiger partial charge in [0.2, 0.25) is 0 Å². The Labute approximate surface area is 99.2 Å². The first kappa shape index (κ1) is 11.8. The molecule has 0 unspecified atom stereocenters. The smallest absolute Gasteiger partial charge is 0.0964 e. The highest BCUT2D eigenvalue weighted by atomic mass is 16.3. The Hall–Kier alpha value is -1.66. The van der Waals surface area contributed by atoms with Crippen molar-refractivity contribution in [2.45, 2.75) is 26.1 Å². The maximum absolute atomic E-state index is 8.70. The van der Waals surface area contributed by atoms with Crippen molar-refractivity contribution >= 4 is 0 Å². The topological polar surface area (TPSA) is 76.1 Å². The van der Waals surface area contributed by atoms with Gasteiger partial charge in [0, 0.05) is 38.0 Å². The molecule has 0 aliphatic rings. The van der Waals surface area contributed by atoms with Gasteiger partial charge in [0.05, 0.1) is 18.2 Å². The first-order valence-corrected chi connectivity index (χ1v) is 5.60. The van der Waals surface area contributed by atoms with Gasteiger partial charge in [-0.25, -0.2) is 0 Å². The van der Waals surface area contributed by atoms with Gasteiger partial charge >= 0.3 is 0 Å². The number of nitrogens with zero attached hydrogens (tertiary/aromatic N) is 3. The van der Waals surface area contributed by atoms with Crippen molar-refractivity contribution in [3.05, 3.63) is 36.0 Å². The lowest BCUT2D eigenvalue weighted by molar-refractivity contribution is 0.276. The van der Waals surface area contributed by atoms with Crippen molar-refractivity contribution in [1.29, 1.82) is 0 Å². The van der Waals surface area contributed by atoms with Gasteiger partial charge in [0.1, 0.15) is 0 Å². The van der Waals surface area contributed by atoms with Crippen LogP contribution in [0.15, 0.2) is 29.2 Å². The lowest BCUT2D eigenvalue weighted by atomic mass is 10.3. The molecule has 0 aromatic carbocycles. The molecular weight excluding hydrogens is 220 g/mol. The zero-order valence-corrected chi connectivity index (χ0v) is 9.54. The van der Waals surface area contributed by atoms with Crippen LogP contribution in [0.1, 0.15) is 17.7 Å². The Bertz CT molecular complexity index is 424. The molecule has 0 saturated carbocycles. The van der Waals surface area contributed by atoms with Crippen LogP contribution in [0.5, 0.6) is 0 Å². The third-order valence-electron chi connectivity index (χ3n) is 2.35. The van der Waals surface area contributed by atoms with Crippen LogP contribution in [-0.2, 0) is 19.6 Å². The molecule has 2 aromatic rings. The summed E-state index contributed by atoms with van der Waals surface area (Å²) in [6.07, 6.45) is 5.95. The zero-order valence-electron chi connectivity index (χ0n) is 9.54. The van der Waals surface area contributed by atoms with Crippen molar-refractivity contribution in [3.8, 4) is 0 Å². The van der Waals surface area contributed by atoms with Gasteiger partial charge in [-0.15, -0.1) is 5.10 Å². The van der Waals surface area contributed by atoms with Crippen LogP contribution >= 0.6 is 0 Å². The predicted octanol–water partition coefficient (Wildman–Crippen LogP) is 0.543. The largest absolute Gasteiger partial charge is 0.472 e. The molecule has 2 heterocycles. The highest BCUT2D eigenvalue weighted by Crippen LogP contribution is 2.00. The van der Waals surface area contributed by atoms with Crippen molar-refractivity contribution in [2.75, 3.05) is 6.61 Å². The van der Waals surface area contributed by atoms with E-state index in [1.807, 2.05) is 12.3 Å². The van der Waals surface area contributed by atoms with Crippen molar-refractivity contribution < 1.29 is 9.52 Å². The molecule has 6 nitrogen and oxygen atoms in total. The van der Waals surface area contributed by atoms with Crippen molar-refractivity contribution in [3.63, 3.8) is 0 Å². The second-order valence-corrected chi connectivity index (χ2v) is 3.79. The fourth-order valence-electron chi connectivity index (χ4n) is 1.49. The summed E-state index contributed by atoms with van der Waals surface area (Å²) >= 11 is 0. The molecule has 2 aromatic heterocycles. The van der Waals surface area contributed by atoms with Crippen LogP contribution in [0.3, 0.4) is 0 Å². The Morgan fingerprint density at radius 1 is 1.41 bits per heavy atom. The third kappa shape index (κ3) is 3.69. The number of hydrogen-bond acceptors (Lipinski definition) is 5. The average Bonchev–Trinajstić information content (AvgIpc) is 2.98. The average molecular weight is 236 g/mol. The van der Waals surface area contributed by atoms with Crippen LogP contribution in [-0.4, -0.2) is 26.7 Å². The van der Waals surface area contributed by atoms with E-state index in [1.54, 1.807) is 17.2 Å². The van der Waals surface area contributed by atoms with Crippen molar-refractivity contribution in [1.82, 2.24) is 20.3 Å². The van der Waals surface area contributed by atoms with E-state index in [4.69, 9.17) is 9.52 Å². The number of aryl methyl sites for hydroxylation is 1. The standard InChI is InChI=1S/C11H16N4O2/c16-4-1-3-15-8-11(13-14-15)7-12-6-10-2-5-17-9-10/h2,5,8-9,12,16H,1,3-4,6-7H2. The minimum Gasteiger partial charge on any atom is -0.472 e. The number of rotatable bonds is 7. The Kier molecular flexibility index (Phi) is 4.29. The van der Waals surface area contributed by atoms with E-state index < -0.39 is 0 Å². The number of hydrogen-bond donors (Lipinski definition) is 2. The van der Waals surface area contributed by atoms with Gasteiger partial charge in [-0.3, -0.25) is 4.68 Å². The first-order chi connectivity index (χ1) is 8.38. The molecule has 0 fully saturated rings. The van der Waals surface area contributed by atoms with Gasteiger partial charge < -0.3 is 14.8 Å². The summed E-state index contributed by atoms with van der Waals surface area (Å²) in [4.78, 5) is 0. The summed E-state index contributed by atoms with van der Waals surface area (Å²) < 4.78 is 6.71. The second-order valence-electron chi connectivity index (χ2n) is 3.79. The molecule has 6 heteroatoms. The maximum atomic E-state index is 8.70. The number of nitrogens with one attached hydrogen (secondary N) is 1. The highest BCUT2D eigenvalue weighted by Gasteiger charge is 2.00. The molecule has 0 spiro atoms. The fourth-order valence-corrected chi connectivity index (χ4v) is 1.49. The molecule has 0 aliphatic heterocycles. The van der Waals surface area contributed by atoms with Gasteiger partial charge in [0.25, 0.3) is 0 Å². The first-order valence-electron chi connectivity index (χ1n) is 5.60. The molecular formula is C11H16N4O2. The lowest BCUT2D eigenvalue weighted by Gasteiger charge is -1.98. The van der Waals surface area contributed by atoms with Crippen molar-refractivity contribution in [2.24, 2.45) is 0 Å². The van der Waals surface area contributed by atoms with Gasteiger partial charge in [0.15, 0.2) is 0 Å². The fraction of sp³-hybridized carbons (Fsp3) is 0.455. The molecule has 0 aliphatic carbocycles. The van der Waals surface area contributed by atoms with E-state index in [1.165, 1.54) is 0 Å². The highest BCUT2D eigenvalue weighted by molar-refractivity contribution is 5.04. The Balaban J connectivity index is 1.73. The molecule has 92 valence electrons. The predicted molar refractivity (Wildman–Crippen MR) is 61.0 cm³/mol. The van der Waals surface area contributed by atoms with Crippen LogP contribution in [0, 0.1) is 0 Å². The zero-order chi connectivity index (χ0) is 11.9. The van der Waals surface area contributed by atoms with Crippen LogP contribution in [0.25, 0.3) is 0 Å². The third-order valence-corrected chi connectivity index (χ3v) is 2.35. The van der Waals surface area contributed by atoms with Crippen LogP contribution < -0.4 is 5.32 Å². The molecule has 2 N–H and O–H groups in total. The van der Waals surface area contributed by atoms with E-state index in [2.05, 4.69) is 15.6 Å². The van der Waals surface area contributed by atoms with E-state index in [0.717, 1.165) is 17.8 Å². The Morgan fingerprint density at radius 2 is 2.35 bits per heavy atom. The summed E-state index contributed by atoms with van der Waals surface area (Å²) in [6.45, 7) is 2.30. The van der Waals surface area contributed by atoms with Gasteiger partial charge in [-0.1, -0.05) is 5.21 Å². The molecule has 17 heavy (non-hydrogen) atoms. The lowest BCUT2D eigenvalue weighted by Crippen LogP contribution is -2.12. The monoisotopic (exact) mass is 236 g/mol. The quantitative estimate of drug-likeness (QED) is 0.734. The minimum atomic E-state index is 0.175. The summed E-state index contributed by atoms with van der Waals surface area (Å²) in [5, 5.41) is 19.9. The molecule has 0 radical (unpaired) electrons.